The molecular formula is C18H21N3O2S2. The molecule has 0 bridgehead atoms. The number of aryl methyl sites for hydroxylation is 1. The molecule has 1 heterocycles. The second-order valence-corrected chi connectivity index (χ2v) is 7.12. The van der Waals surface area contributed by atoms with E-state index in [0.29, 0.717) is 11.7 Å². The first-order chi connectivity index (χ1) is 12.2. The minimum atomic E-state index is -0.143. The highest BCUT2D eigenvalue weighted by Crippen LogP contribution is 2.30. The summed E-state index contributed by atoms with van der Waals surface area (Å²) in [5, 5.41) is 5.30. The van der Waals surface area contributed by atoms with Crippen molar-refractivity contribution in [1.29, 1.82) is 0 Å². The fourth-order valence-electron chi connectivity index (χ4n) is 2.83. The molecule has 3 rings (SSSR count). The van der Waals surface area contributed by atoms with E-state index in [-0.39, 0.29) is 5.91 Å². The van der Waals surface area contributed by atoms with Crippen LogP contribution in [0.3, 0.4) is 0 Å². The van der Waals surface area contributed by atoms with Crippen molar-refractivity contribution in [2.24, 2.45) is 0 Å². The predicted octanol–water partition coefficient (Wildman–Crippen LogP) is 3.66. The van der Waals surface area contributed by atoms with Crippen LogP contribution in [0.4, 0.5) is 5.69 Å². The number of amides is 1. The molecule has 0 aliphatic heterocycles. The molecule has 0 radical (unpaired) electrons. The van der Waals surface area contributed by atoms with Crippen molar-refractivity contribution >= 4 is 40.3 Å². The summed E-state index contributed by atoms with van der Waals surface area (Å²) in [5.74, 6) is 0.665. The van der Waals surface area contributed by atoms with Gasteiger partial charge in [-0.25, -0.2) is 0 Å². The fraction of sp³-hybridized carbons (Fsp3) is 0.333. The standard InChI is InChI=1S/C18H21N3O2S2/c1-2-23-13-9-7-12(8-10-13)19-18(24)21-20-17(22)15-11-25-16-6-4-3-5-14(15)16/h7-11H,2-6H2,1H3,(H,20,22)(H2,19,21,24). The van der Waals surface area contributed by atoms with Crippen molar-refractivity contribution in [1.82, 2.24) is 10.9 Å². The van der Waals surface area contributed by atoms with Crippen LogP contribution in [-0.4, -0.2) is 17.6 Å². The minimum Gasteiger partial charge on any atom is -0.494 e. The maximum absolute atomic E-state index is 12.4. The summed E-state index contributed by atoms with van der Waals surface area (Å²) in [5.41, 5.74) is 8.21. The third kappa shape index (κ3) is 4.49. The van der Waals surface area contributed by atoms with Crippen LogP contribution in [-0.2, 0) is 12.8 Å². The summed E-state index contributed by atoms with van der Waals surface area (Å²) >= 11 is 6.90. The van der Waals surface area contributed by atoms with Gasteiger partial charge in [0.1, 0.15) is 5.75 Å². The number of hydrogen-bond donors (Lipinski definition) is 3. The largest absolute Gasteiger partial charge is 0.494 e. The molecule has 7 heteroatoms. The summed E-state index contributed by atoms with van der Waals surface area (Å²) in [4.78, 5) is 13.7. The molecule has 132 valence electrons. The van der Waals surface area contributed by atoms with Gasteiger partial charge < -0.3 is 10.1 Å². The number of anilines is 1. The van der Waals surface area contributed by atoms with Gasteiger partial charge in [-0.15, -0.1) is 11.3 Å². The summed E-state index contributed by atoms with van der Waals surface area (Å²) in [6.07, 6.45) is 4.42. The van der Waals surface area contributed by atoms with Gasteiger partial charge >= 0.3 is 0 Å². The van der Waals surface area contributed by atoms with Gasteiger partial charge in [0, 0.05) is 15.9 Å². The number of benzene rings is 1. The first-order valence-corrected chi connectivity index (χ1v) is 9.65. The number of thiophene rings is 1. The SMILES string of the molecule is CCOc1ccc(NC(=S)NNC(=O)c2csc3c2CCCC3)cc1. The number of carbonyl (C=O) groups is 1. The Morgan fingerprint density at radius 1 is 1.20 bits per heavy atom. The molecule has 0 fully saturated rings. The molecule has 1 aromatic heterocycles. The molecule has 1 aliphatic rings. The lowest BCUT2D eigenvalue weighted by atomic mass is 9.96. The van der Waals surface area contributed by atoms with E-state index in [0.717, 1.165) is 36.3 Å². The number of hydrazine groups is 1. The van der Waals surface area contributed by atoms with E-state index in [1.165, 1.54) is 16.9 Å². The van der Waals surface area contributed by atoms with Crippen molar-refractivity contribution in [3.63, 3.8) is 0 Å². The number of rotatable bonds is 4. The van der Waals surface area contributed by atoms with Gasteiger partial charge in [0.15, 0.2) is 5.11 Å². The van der Waals surface area contributed by atoms with Gasteiger partial charge in [-0.3, -0.25) is 15.6 Å². The van der Waals surface area contributed by atoms with E-state index < -0.39 is 0 Å². The molecular weight excluding hydrogens is 354 g/mol. The molecule has 0 unspecified atom stereocenters. The van der Waals surface area contributed by atoms with Crippen molar-refractivity contribution in [2.75, 3.05) is 11.9 Å². The number of carbonyl (C=O) groups excluding carboxylic acids is 1. The zero-order chi connectivity index (χ0) is 17.6. The maximum Gasteiger partial charge on any atom is 0.270 e. The Kier molecular flexibility index (Phi) is 5.88. The van der Waals surface area contributed by atoms with Gasteiger partial charge in [0.05, 0.1) is 12.2 Å². The number of fused-ring (bicyclic) bond motifs is 1. The first-order valence-electron chi connectivity index (χ1n) is 8.37. The molecule has 0 atom stereocenters. The maximum atomic E-state index is 12.4. The topological polar surface area (TPSA) is 62.4 Å². The molecule has 2 aromatic rings. The second-order valence-electron chi connectivity index (χ2n) is 5.75. The van der Waals surface area contributed by atoms with E-state index in [1.54, 1.807) is 11.3 Å². The first kappa shape index (κ1) is 17.7. The Bertz CT molecular complexity index is 756. The third-order valence-electron chi connectivity index (χ3n) is 4.02. The second kappa shape index (κ2) is 8.31. The Morgan fingerprint density at radius 2 is 1.96 bits per heavy atom. The van der Waals surface area contributed by atoms with E-state index in [4.69, 9.17) is 17.0 Å². The Hall–Kier alpha value is -2.12. The lowest BCUT2D eigenvalue weighted by molar-refractivity contribution is 0.0943. The monoisotopic (exact) mass is 375 g/mol. The van der Waals surface area contributed by atoms with Gasteiger partial charge in [-0.1, -0.05) is 0 Å². The van der Waals surface area contributed by atoms with Crippen molar-refractivity contribution in [3.8, 4) is 5.75 Å². The van der Waals surface area contributed by atoms with Crippen LogP contribution in [0.5, 0.6) is 5.75 Å². The summed E-state index contributed by atoms with van der Waals surface area (Å²) in [6, 6.07) is 7.47. The Morgan fingerprint density at radius 3 is 2.72 bits per heavy atom. The van der Waals surface area contributed by atoms with Crippen LogP contribution in [0.25, 0.3) is 0 Å². The van der Waals surface area contributed by atoms with E-state index in [2.05, 4.69) is 16.2 Å². The van der Waals surface area contributed by atoms with Crippen LogP contribution in [0, 0.1) is 0 Å². The van der Waals surface area contributed by atoms with Crippen LogP contribution in [0.1, 0.15) is 40.6 Å². The van der Waals surface area contributed by atoms with Gasteiger partial charge in [-0.05, 0) is 74.7 Å². The van der Waals surface area contributed by atoms with E-state index in [1.807, 2.05) is 36.6 Å². The number of hydrogen-bond acceptors (Lipinski definition) is 4. The smallest absolute Gasteiger partial charge is 0.270 e. The summed E-state index contributed by atoms with van der Waals surface area (Å²) in [7, 11) is 0. The summed E-state index contributed by atoms with van der Waals surface area (Å²) < 4.78 is 5.40. The van der Waals surface area contributed by atoms with Gasteiger partial charge in [0.25, 0.3) is 5.91 Å². The lowest BCUT2D eigenvalue weighted by Crippen LogP contribution is -2.43. The number of thiocarbonyl (C=S) groups is 1. The number of ether oxygens (including phenoxy) is 1. The van der Waals surface area contributed by atoms with Crippen LogP contribution in [0.15, 0.2) is 29.6 Å². The molecule has 1 amide bonds. The van der Waals surface area contributed by atoms with E-state index in [9.17, 15) is 4.79 Å². The van der Waals surface area contributed by atoms with E-state index >= 15 is 0 Å². The van der Waals surface area contributed by atoms with Crippen LogP contribution in [0.2, 0.25) is 0 Å². The average Bonchev–Trinajstić information content (AvgIpc) is 3.06. The number of nitrogens with one attached hydrogen (secondary N) is 3. The third-order valence-corrected chi connectivity index (χ3v) is 5.31. The highest BCUT2D eigenvalue weighted by molar-refractivity contribution is 7.80. The molecule has 5 nitrogen and oxygen atoms in total. The molecule has 0 saturated carbocycles. The van der Waals surface area contributed by atoms with Gasteiger partial charge in [0.2, 0.25) is 0 Å². The molecule has 0 saturated heterocycles. The summed E-state index contributed by atoms with van der Waals surface area (Å²) in [6.45, 7) is 2.57. The van der Waals surface area contributed by atoms with Crippen molar-refractivity contribution < 1.29 is 9.53 Å². The predicted molar refractivity (Wildman–Crippen MR) is 105 cm³/mol. The minimum absolute atomic E-state index is 0.143. The molecule has 3 N–H and O–H groups in total. The molecule has 0 spiro atoms. The lowest BCUT2D eigenvalue weighted by Gasteiger charge is -2.14. The molecule has 1 aromatic carbocycles. The van der Waals surface area contributed by atoms with Gasteiger partial charge in [-0.2, -0.15) is 0 Å². The van der Waals surface area contributed by atoms with Crippen molar-refractivity contribution in [2.45, 2.75) is 32.6 Å². The van der Waals surface area contributed by atoms with Crippen LogP contribution >= 0.6 is 23.6 Å². The fourth-order valence-corrected chi connectivity index (χ4v) is 4.12. The average molecular weight is 376 g/mol. The Labute approximate surface area is 156 Å². The zero-order valence-electron chi connectivity index (χ0n) is 14.1. The van der Waals surface area contributed by atoms with Crippen molar-refractivity contribution in [3.05, 3.63) is 45.6 Å². The zero-order valence-corrected chi connectivity index (χ0v) is 15.7. The Balaban J connectivity index is 1.51. The molecule has 1 aliphatic carbocycles. The normalized spacial score (nSPS) is 12.8. The highest BCUT2D eigenvalue weighted by Gasteiger charge is 2.20. The molecule has 25 heavy (non-hydrogen) atoms. The quantitative estimate of drug-likeness (QED) is 0.562. The highest BCUT2D eigenvalue weighted by atomic mass is 32.1. The van der Waals surface area contributed by atoms with Crippen LogP contribution < -0.4 is 20.9 Å².